The van der Waals surface area contributed by atoms with Crippen LogP contribution in [0.2, 0.25) is 0 Å². The predicted molar refractivity (Wildman–Crippen MR) is 138 cm³/mol. The highest BCUT2D eigenvalue weighted by atomic mass is 16.5. The number of rotatable bonds is 9. The highest BCUT2D eigenvalue weighted by Gasteiger charge is 2.23. The number of anilines is 1. The summed E-state index contributed by atoms with van der Waals surface area (Å²) < 4.78 is 11.2. The Morgan fingerprint density at radius 3 is 2.06 bits per heavy atom. The molecule has 3 N–H and O–H groups in total. The molecular weight excluding hydrogens is 458 g/mol. The SMILES string of the molecule is Cc1ccc(C(=O)Nc2cccc(C=C(C(=O)NCC3CCCO3)C(=O)NCC3CCCO3)c2)cc1. The van der Waals surface area contributed by atoms with Gasteiger partial charge in [-0.2, -0.15) is 0 Å². The highest BCUT2D eigenvalue weighted by Crippen LogP contribution is 2.17. The van der Waals surface area contributed by atoms with Crippen LogP contribution in [0.1, 0.15) is 47.2 Å². The summed E-state index contributed by atoms with van der Waals surface area (Å²) in [7, 11) is 0. The molecule has 2 aliphatic rings. The number of ether oxygens (including phenoxy) is 2. The van der Waals surface area contributed by atoms with Gasteiger partial charge in [-0.3, -0.25) is 14.4 Å². The zero-order valence-electron chi connectivity index (χ0n) is 20.5. The van der Waals surface area contributed by atoms with Gasteiger partial charge < -0.3 is 25.4 Å². The lowest BCUT2D eigenvalue weighted by Gasteiger charge is -2.15. The van der Waals surface area contributed by atoms with Gasteiger partial charge in [0.05, 0.1) is 12.2 Å². The highest BCUT2D eigenvalue weighted by molar-refractivity contribution is 6.21. The molecule has 0 saturated carbocycles. The molecule has 2 fully saturated rings. The molecule has 0 bridgehead atoms. The smallest absolute Gasteiger partial charge is 0.256 e. The van der Waals surface area contributed by atoms with Gasteiger partial charge in [0.2, 0.25) is 0 Å². The van der Waals surface area contributed by atoms with Crippen LogP contribution in [-0.2, 0) is 19.1 Å². The number of nitrogens with one attached hydrogen (secondary N) is 3. The topological polar surface area (TPSA) is 106 Å². The van der Waals surface area contributed by atoms with Crippen LogP contribution in [0.15, 0.2) is 54.1 Å². The van der Waals surface area contributed by atoms with Gasteiger partial charge in [0, 0.05) is 37.6 Å². The maximum atomic E-state index is 13.0. The quantitative estimate of drug-likeness (QED) is 0.284. The van der Waals surface area contributed by atoms with Crippen molar-refractivity contribution >= 4 is 29.5 Å². The zero-order chi connectivity index (χ0) is 25.3. The molecule has 0 radical (unpaired) electrons. The Kier molecular flexibility index (Phi) is 8.86. The van der Waals surface area contributed by atoms with E-state index in [1.54, 1.807) is 36.4 Å². The number of carbonyl (C=O) groups is 3. The van der Waals surface area contributed by atoms with E-state index in [-0.39, 0.29) is 23.7 Å². The lowest BCUT2D eigenvalue weighted by Crippen LogP contribution is -2.40. The predicted octanol–water partition coefficient (Wildman–Crippen LogP) is 3.22. The molecule has 0 spiro atoms. The lowest BCUT2D eigenvalue weighted by molar-refractivity contribution is -0.124. The van der Waals surface area contributed by atoms with Crippen LogP contribution < -0.4 is 16.0 Å². The maximum absolute atomic E-state index is 13.0. The molecule has 0 aromatic heterocycles. The van der Waals surface area contributed by atoms with Crippen molar-refractivity contribution in [2.45, 2.75) is 44.8 Å². The van der Waals surface area contributed by atoms with Gasteiger partial charge >= 0.3 is 0 Å². The summed E-state index contributed by atoms with van der Waals surface area (Å²) in [6.45, 7) is 4.03. The number of benzene rings is 2. The number of carbonyl (C=O) groups excluding carboxylic acids is 3. The summed E-state index contributed by atoms with van der Waals surface area (Å²) in [5, 5.41) is 8.54. The second kappa shape index (κ2) is 12.5. The summed E-state index contributed by atoms with van der Waals surface area (Å²) in [6.07, 6.45) is 5.16. The Hall–Kier alpha value is -3.49. The van der Waals surface area contributed by atoms with Crippen molar-refractivity contribution in [3.8, 4) is 0 Å². The fourth-order valence-corrected chi connectivity index (χ4v) is 4.23. The minimum absolute atomic E-state index is 0.00648. The third kappa shape index (κ3) is 7.26. The van der Waals surface area contributed by atoms with E-state index in [2.05, 4.69) is 16.0 Å². The molecule has 36 heavy (non-hydrogen) atoms. The van der Waals surface area contributed by atoms with Crippen molar-refractivity contribution in [2.24, 2.45) is 0 Å². The molecule has 2 atom stereocenters. The Morgan fingerprint density at radius 1 is 0.889 bits per heavy atom. The van der Waals surface area contributed by atoms with E-state index in [1.165, 1.54) is 6.08 Å². The van der Waals surface area contributed by atoms with Crippen LogP contribution >= 0.6 is 0 Å². The van der Waals surface area contributed by atoms with Crippen molar-refractivity contribution in [3.05, 3.63) is 70.8 Å². The van der Waals surface area contributed by atoms with Crippen molar-refractivity contribution in [2.75, 3.05) is 31.6 Å². The van der Waals surface area contributed by atoms with E-state index in [9.17, 15) is 14.4 Å². The molecule has 190 valence electrons. The average Bonchev–Trinajstić information content (AvgIpc) is 3.59. The Bertz CT molecular complexity index is 1070. The van der Waals surface area contributed by atoms with Crippen LogP contribution in [0.4, 0.5) is 5.69 Å². The van der Waals surface area contributed by atoms with Crippen molar-refractivity contribution < 1.29 is 23.9 Å². The molecule has 4 rings (SSSR count). The van der Waals surface area contributed by atoms with E-state index in [1.807, 2.05) is 19.1 Å². The summed E-state index contributed by atoms with van der Waals surface area (Å²) in [5.41, 5.74) is 2.79. The molecule has 2 aromatic carbocycles. The minimum atomic E-state index is -0.468. The van der Waals surface area contributed by atoms with Crippen LogP contribution in [0.25, 0.3) is 6.08 Å². The zero-order valence-corrected chi connectivity index (χ0v) is 20.5. The van der Waals surface area contributed by atoms with Crippen LogP contribution in [0.5, 0.6) is 0 Å². The van der Waals surface area contributed by atoms with Gasteiger partial charge in [-0.1, -0.05) is 29.8 Å². The summed E-state index contributed by atoms with van der Waals surface area (Å²) in [5.74, 6) is -1.17. The first-order valence-electron chi connectivity index (χ1n) is 12.5. The molecule has 8 nitrogen and oxygen atoms in total. The molecule has 2 heterocycles. The van der Waals surface area contributed by atoms with Gasteiger partial charge in [-0.25, -0.2) is 0 Å². The Labute approximate surface area is 211 Å². The maximum Gasteiger partial charge on any atom is 0.256 e. The first kappa shape index (κ1) is 25.6. The fraction of sp³-hybridized carbons (Fsp3) is 0.393. The molecule has 0 aliphatic carbocycles. The van der Waals surface area contributed by atoms with Crippen LogP contribution in [0, 0.1) is 6.92 Å². The fourth-order valence-electron chi connectivity index (χ4n) is 4.23. The number of amides is 3. The van der Waals surface area contributed by atoms with Crippen molar-refractivity contribution in [1.29, 1.82) is 0 Å². The van der Waals surface area contributed by atoms with Gasteiger partial charge in [-0.15, -0.1) is 0 Å². The van der Waals surface area contributed by atoms with E-state index < -0.39 is 11.8 Å². The van der Waals surface area contributed by atoms with Crippen molar-refractivity contribution in [1.82, 2.24) is 10.6 Å². The van der Waals surface area contributed by atoms with Crippen LogP contribution in [-0.4, -0.2) is 56.2 Å². The normalized spacial score (nSPS) is 18.9. The third-order valence-electron chi connectivity index (χ3n) is 6.29. The van der Waals surface area contributed by atoms with Crippen LogP contribution in [0.3, 0.4) is 0 Å². The Balaban J connectivity index is 1.48. The molecule has 8 heteroatoms. The standard InChI is InChI=1S/C28H33N3O5/c1-19-9-11-21(12-10-19)26(32)31-22-6-2-5-20(15-22)16-25(27(33)29-17-23-7-3-13-35-23)28(34)30-18-24-8-4-14-36-24/h2,5-6,9-12,15-16,23-24H,3-4,7-8,13-14,17-18H2,1H3,(H,29,33)(H,30,34)(H,31,32). The molecule has 3 amide bonds. The van der Waals surface area contributed by atoms with E-state index in [0.29, 0.717) is 43.1 Å². The summed E-state index contributed by atoms with van der Waals surface area (Å²) >= 11 is 0. The molecular formula is C28H33N3O5. The molecule has 2 aliphatic heterocycles. The van der Waals surface area contributed by atoms with E-state index in [0.717, 1.165) is 31.2 Å². The average molecular weight is 492 g/mol. The van der Waals surface area contributed by atoms with Gasteiger partial charge in [0.15, 0.2) is 0 Å². The summed E-state index contributed by atoms with van der Waals surface area (Å²) in [6, 6.07) is 14.3. The second-order valence-corrected chi connectivity index (χ2v) is 9.19. The largest absolute Gasteiger partial charge is 0.376 e. The lowest BCUT2D eigenvalue weighted by atomic mass is 10.1. The van der Waals surface area contributed by atoms with Crippen molar-refractivity contribution in [3.63, 3.8) is 0 Å². The monoisotopic (exact) mass is 491 g/mol. The third-order valence-corrected chi connectivity index (χ3v) is 6.29. The van der Waals surface area contributed by atoms with Gasteiger partial charge in [-0.05, 0) is 68.5 Å². The first-order valence-corrected chi connectivity index (χ1v) is 12.5. The molecule has 2 unspecified atom stereocenters. The van der Waals surface area contributed by atoms with Gasteiger partial charge in [0.1, 0.15) is 5.57 Å². The molecule has 2 aromatic rings. The van der Waals surface area contributed by atoms with Gasteiger partial charge in [0.25, 0.3) is 17.7 Å². The van der Waals surface area contributed by atoms with E-state index >= 15 is 0 Å². The Morgan fingerprint density at radius 2 is 1.50 bits per heavy atom. The number of aryl methyl sites for hydroxylation is 1. The first-order chi connectivity index (χ1) is 17.5. The summed E-state index contributed by atoms with van der Waals surface area (Å²) in [4.78, 5) is 38.7. The molecule has 2 saturated heterocycles. The number of hydrogen-bond donors (Lipinski definition) is 3. The second-order valence-electron chi connectivity index (χ2n) is 9.19. The minimum Gasteiger partial charge on any atom is -0.376 e. The number of hydrogen-bond acceptors (Lipinski definition) is 5. The van der Waals surface area contributed by atoms with E-state index in [4.69, 9.17) is 9.47 Å².